The predicted octanol–water partition coefficient (Wildman–Crippen LogP) is 2.46. The molecule has 6 nitrogen and oxygen atoms in total. The molecule has 0 radical (unpaired) electrons. The van der Waals surface area contributed by atoms with Gasteiger partial charge in [0.15, 0.2) is 16.6 Å². The highest BCUT2D eigenvalue weighted by atomic mass is 79.9. The maximum absolute atomic E-state index is 12.4. The van der Waals surface area contributed by atoms with Gasteiger partial charge in [0, 0.05) is 18.6 Å². The van der Waals surface area contributed by atoms with E-state index in [1.54, 1.807) is 12.1 Å². The Kier molecular flexibility index (Phi) is 5.61. The first-order chi connectivity index (χ1) is 11.3. The quantitative estimate of drug-likeness (QED) is 0.431. The molecule has 128 valence electrons. The topological polar surface area (TPSA) is 59.1 Å². The van der Waals surface area contributed by atoms with Gasteiger partial charge in [-0.2, -0.15) is 0 Å². The molecular formula is C16H17BrN2O4S. The number of benzene rings is 1. The second-order valence-corrected chi connectivity index (χ2v) is 6.25. The molecule has 1 aliphatic heterocycles. The van der Waals surface area contributed by atoms with Crippen LogP contribution in [0.1, 0.15) is 12.5 Å². The number of nitrogens with zero attached hydrogens (tertiary/aromatic N) is 2. The van der Waals surface area contributed by atoms with Crippen molar-refractivity contribution in [1.29, 1.82) is 0 Å². The lowest BCUT2D eigenvalue weighted by molar-refractivity contribution is -0.132. The number of rotatable bonds is 4. The zero-order valence-electron chi connectivity index (χ0n) is 13.8. The molecule has 2 amide bonds. The van der Waals surface area contributed by atoms with Gasteiger partial charge in [0.1, 0.15) is 5.57 Å². The van der Waals surface area contributed by atoms with Gasteiger partial charge in [-0.25, -0.2) is 0 Å². The summed E-state index contributed by atoms with van der Waals surface area (Å²) < 4.78 is 11.5. The maximum Gasteiger partial charge on any atom is 0.265 e. The molecule has 0 N–H and O–H groups in total. The van der Waals surface area contributed by atoms with Crippen molar-refractivity contribution >= 4 is 51.2 Å². The number of amides is 2. The Labute approximate surface area is 154 Å². The van der Waals surface area contributed by atoms with Gasteiger partial charge in [0.2, 0.25) is 0 Å². The number of carbonyl (C=O) groups is 2. The molecule has 0 aromatic heterocycles. The number of likely N-dealkylation sites (N-methyl/N-ethyl adjacent to an activating group) is 2. The number of ether oxygens (including phenoxy) is 2. The Hall–Kier alpha value is -1.93. The number of halogens is 1. The average Bonchev–Trinajstić information content (AvgIpc) is 2.57. The summed E-state index contributed by atoms with van der Waals surface area (Å²) >= 11 is 8.50. The lowest BCUT2D eigenvalue weighted by Gasteiger charge is -2.31. The first-order valence-corrected chi connectivity index (χ1v) is 8.34. The molecule has 0 unspecified atom stereocenters. The van der Waals surface area contributed by atoms with Gasteiger partial charge in [0.25, 0.3) is 11.8 Å². The van der Waals surface area contributed by atoms with E-state index in [1.807, 2.05) is 6.92 Å². The molecule has 8 heteroatoms. The van der Waals surface area contributed by atoms with Crippen LogP contribution in [0.3, 0.4) is 0 Å². The highest BCUT2D eigenvalue weighted by Gasteiger charge is 2.35. The molecule has 0 atom stereocenters. The van der Waals surface area contributed by atoms with Crippen LogP contribution in [-0.4, -0.2) is 54.5 Å². The summed E-state index contributed by atoms with van der Waals surface area (Å²) in [6.07, 6.45) is 1.52. The van der Waals surface area contributed by atoms with Crippen LogP contribution in [0.2, 0.25) is 0 Å². The minimum Gasteiger partial charge on any atom is -0.493 e. The van der Waals surface area contributed by atoms with Crippen LogP contribution < -0.4 is 9.47 Å². The summed E-state index contributed by atoms with van der Waals surface area (Å²) in [6, 6.07) is 3.44. The minimum absolute atomic E-state index is 0.0283. The summed E-state index contributed by atoms with van der Waals surface area (Å²) in [5, 5.41) is 0.172. The lowest BCUT2D eigenvalue weighted by Crippen LogP contribution is -2.52. The van der Waals surface area contributed by atoms with Crippen molar-refractivity contribution in [2.45, 2.75) is 6.92 Å². The second kappa shape index (κ2) is 7.31. The molecule has 0 saturated carbocycles. The third kappa shape index (κ3) is 3.29. The second-order valence-electron chi connectivity index (χ2n) is 5.03. The van der Waals surface area contributed by atoms with Crippen molar-refractivity contribution in [1.82, 2.24) is 9.80 Å². The van der Waals surface area contributed by atoms with Crippen molar-refractivity contribution in [2.24, 2.45) is 0 Å². The number of hydrogen-bond donors (Lipinski definition) is 0. The van der Waals surface area contributed by atoms with E-state index in [0.717, 1.165) is 0 Å². The molecular weight excluding hydrogens is 396 g/mol. The SMILES string of the molecule is CCOc1cc(Br)c(C=C2C(=O)N(C)C(=S)N(C)C2=O)cc1OC. The van der Waals surface area contributed by atoms with Gasteiger partial charge in [0.05, 0.1) is 13.7 Å². The van der Waals surface area contributed by atoms with Gasteiger partial charge in [-0.1, -0.05) is 15.9 Å². The highest BCUT2D eigenvalue weighted by Crippen LogP contribution is 2.35. The summed E-state index contributed by atoms with van der Waals surface area (Å²) in [7, 11) is 4.60. The van der Waals surface area contributed by atoms with E-state index in [2.05, 4.69) is 15.9 Å². The van der Waals surface area contributed by atoms with Crippen molar-refractivity contribution in [3.8, 4) is 11.5 Å². The number of carbonyl (C=O) groups excluding carboxylic acids is 2. The van der Waals surface area contributed by atoms with E-state index in [4.69, 9.17) is 21.7 Å². The molecule has 24 heavy (non-hydrogen) atoms. The van der Waals surface area contributed by atoms with Gasteiger partial charge < -0.3 is 9.47 Å². The molecule has 1 aromatic carbocycles. The van der Waals surface area contributed by atoms with Crippen molar-refractivity contribution in [3.63, 3.8) is 0 Å². The highest BCUT2D eigenvalue weighted by molar-refractivity contribution is 9.10. The third-order valence-electron chi connectivity index (χ3n) is 3.53. The summed E-state index contributed by atoms with van der Waals surface area (Å²) in [6.45, 7) is 2.37. The van der Waals surface area contributed by atoms with Crippen LogP contribution in [0.4, 0.5) is 0 Å². The van der Waals surface area contributed by atoms with E-state index in [-0.39, 0.29) is 10.7 Å². The van der Waals surface area contributed by atoms with Crippen LogP contribution in [0, 0.1) is 0 Å². The molecule has 0 aliphatic carbocycles. The minimum atomic E-state index is -0.442. The van der Waals surface area contributed by atoms with Crippen molar-refractivity contribution in [2.75, 3.05) is 27.8 Å². The van der Waals surface area contributed by atoms with Crippen LogP contribution in [0.15, 0.2) is 22.2 Å². The van der Waals surface area contributed by atoms with Gasteiger partial charge in [-0.05, 0) is 42.9 Å². The Balaban J connectivity index is 2.52. The Morgan fingerprint density at radius 2 is 1.75 bits per heavy atom. The van der Waals surface area contributed by atoms with Crippen LogP contribution in [-0.2, 0) is 9.59 Å². The van der Waals surface area contributed by atoms with E-state index in [0.29, 0.717) is 28.1 Å². The molecule has 1 fully saturated rings. The van der Waals surface area contributed by atoms with Crippen LogP contribution in [0.25, 0.3) is 6.08 Å². The number of hydrogen-bond acceptors (Lipinski definition) is 5. The van der Waals surface area contributed by atoms with E-state index in [9.17, 15) is 9.59 Å². The Morgan fingerprint density at radius 3 is 2.25 bits per heavy atom. The maximum atomic E-state index is 12.4. The standard InChI is InChI=1S/C16H17BrN2O4S/c1-5-23-13-8-11(17)9(7-12(13)22-4)6-10-14(20)18(2)16(24)19(3)15(10)21/h6-8H,5H2,1-4H3. The van der Waals surface area contributed by atoms with Gasteiger partial charge in [-0.15, -0.1) is 0 Å². The molecule has 1 heterocycles. The fourth-order valence-corrected chi connectivity index (χ4v) is 2.82. The van der Waals surface area contributed by atoms with E-state index in [1.165, 1.54) is 37.1 Å². The monoisotopic (exact) mass is 412 g/mol. The van der Waals surface area contributed by atoms with Gasteiger partial charge in [-0.3, -0.25) is 19.4 Å². The van der Waals surface area contributed by atoms with E-state index >= 15 is 0 Å². The largest absolute Gasteiger partial charge is 0.493 e. The lowest BCUT2D eigenvalue weighted by atomic mass is 10.1. The molecule has 2 rings (SSSR count). The Morgan fingerprint density at radius 1 is 1.17 bits per heavy atom. The molecule has 1 aliphatic rings. The molecule has 1 saturated heterocycles. The Bertz CT molecular complexity index is 722. The predicted molar refractivity (Wildman–Crippen MR) is 98.0 cm³/mol. The first kappa shape index (κ1) is 18.4. The fraction of sp³-hybridized carbons (Fsp3) is 0.312. The summed E-state index contributed by atoms with van der Waals surface area (Å²) in [4.78, 5) is 27.3. The molecule has 0 bridgehead atoms. The summed E-state index contributed by atoms with van der Waals surface area (Å²) in [5.74, 6) is 0.205. The molecule has 0 spiro atoms. The van der Waals surface area contributed by atoms with Crippen molar-refractivity contribution < 1.29 is 19.1 Å². The van der Waals surface area contributed by atoms with Crippen LogP contribution in [0.5, 0.6) is 11.5 Å². The number of thiocarbonyl (C=S) groups is 1. The first-order valence-electron chi connectivity index (χ1n) is 7.13. The zero-order chi connectivity index (χ0) is 18.0. The zero-order valence-corrected chi connectivity index (χ0v) is 16.2. The number of methoxy groups -OCH3 is 1. The fourth-order valence-electron chi connectivity index (χ4n) is 2.22. The van der Waals surface area contributed by atoms with Gasteiger partial charge >= 0.3 is 0 Å². The third-order valence-corrected chi connectivity index (χ3v) is 4.76. The van der Waals surface area contributed by atoms with E-state index < -0.39 is 11.8 Å². The molecule has 1 aromatic rings. The summed E-state index contributed by atoms with van der Waals surface area (Å²) in [5.41, 5.74) is 0.655. The van der Waals surface area contributed by atoms with Crippen LogP contribution >= 0.6 is 28.1 Å². The normalized spacial score (nSPS) is 15.0. The smallest absolute Gasteiger partial charge is 0.265 e. The van der Waals surface area contributed by atoms with Crippen molar-refractivity contribution in [3.05, 3.63) is 27.7 Å². The average molecular weight is 413 g/mol.